The van der Waals surface area contributed by atoms with E-state index < -0.39 is 5.97 Å². The molecule has 0 heterocycles. The van der Waals surface area contributed by atoms with Gasteiger partial charge in [-0.25, -0.2) is 4.79 Å². The average Bonchev–Trinajstić information content (AvgIpc) is 2.47. The highest BCUT2D eigenvalue weighted by Gasteiger charge is 2.10. The zero-order chi connectivity index (χ0) is 16.1. The van der Waals surface area contributed by atoms with Gasteiger partial charge in [0.2, 0.25) is 0 Å². The number of carbonyl (C=O) groups excluding carboxylic acids is 1. The Kier molecular flexibility index (Phi) is 4.85. The maximum Gasteiger partial charge on any atom is 0.335 e. The zero-order valence-electron chi connectivity index (χ0n) is 11.8. The molecule has 0 bridgehead atoms. The Labute approximate surface area is 133 Å². The lowest BCUT2D eigenvalue weighted by Gasteiger charge is -2.11. The SMILES string of the molecule is Cc1ccccc1C(=O)NC(=S)Nc1cccc(C(=O)O)c1. The molecule has 0 aromatic heterocycles. The average molecular weight is 314 g/mol. The van der Waals surface area contributed by atoms with Crippen molar-refractivity contribution in [3.8, 4) is 0 Å². The third-order valence-corrected chi connectivity index (χ3v) is 3.19. The summed E-state index contributed by atoms with van der Waals surface area (Å²) in [4.78, 5) is 23.0. The van der Waals surface area contributed by atoms with Crippen molar-refractivity contribution in [2.75, 3.05) is 5.32 Å². The van der Waals surface area contributed by atoms with E-state index in [4.69, 9.17) is 17.3 Å². The van der Waals surface area contributed by atoms with Crippen LogP contribution in [0.2, 0.25) is 0 Å². The maximum atomic E-state index is 12.1. The molecule has 0 spiro atoms. The lowest BCUT2D eigenvalue weighted by Crippen LogP contribution is -2.34. The van der Waals surface area contributed by atoms with Crippen molar-refractivity contribution in [3.05, 3.63) is 65.2 Å². The van der Waals surface area contributed by atoms with Gasteiger partial charge in [-0.15, -0.1) is 0 Å². The smallest absolute Gasteiger partial charge is 0.335 e. The molecule has 0 aliphatic carbocycles. The Bertz CT molecular complexity index is 744. The Hall–Kier alpha value is -2.73. The molecule has 0 radical (unpaired) electrons. The standard InChI is InChI=1S/C16H14N2O3S/c1-10-5-2-3-8-13(10)14(19)18-16(22)17-12-7-4-6-11(9-12)15(20)21/h2-9H,1H3,(H,20,21)(H2,17,18,19,22). The highest BCUT2D eigenvalue weighted by Crippen LogP contribution is 2.11. The van der Waals surface area contributed by atoms with Gasteiger partial charge in [0.1, 0.15) is 0 Å². The van der Waals surface area contributed by atoms with E-state index in [-0.39, 0.29) is 16.6 Å². The number of anilines is 1. The summed E-state index contributed by atoms with van der Waals surface area (Å²) in [7, 11) is 0. The van der Waals surface area contributed by atoms with Crippen molar-refractivity contribution in [2.24, 2.45) is 0 Å². The van der Waals surface area contributed by atoms with E-state index in [1.165, 1.54) is 12.1 Å². The van der Waals surface area contributed by atoms with Gasteiger partial charge in [0.15, 0.2) is 5.11 Å². The third kappa shape index (κ3) is 3.89. The summed E-state index contributed by atoms with van der Waals surface area (Å²) in [5.74, 6) is -1.34. The molecular formula is C16H14N2O3S. The molecule has 5 nitrogen and oxygen atoms in total. The number of aryl methyl sites for hydroxylation is 1. The summed E-state index contributed by atoms with van der Waals surface area (Å²) in [6.07, 6.45) is 0. The Morgan fingerprint density at radius 2 is 1.82 bits per heavy atom. The first-order valence-electron chi connectivity index (χ1n) is 6.48. The normalized spacial score (nSPS) is 9.86. The second-order valence-electron chi connectivity index (χ2n) is 4.61. The highest BCUT2D eigenvalue weighted by molar-refractivity contribution is 7.80. The van der Waals surface area contributed by atoms with Gasteiger partial charge < -0.3 is 10.4 Å². The number of hydrogen-bond donors (Lipinski definition) is 3. The van der Waals surface area contributed by atoms with Crippen molar-refractivity contribution in [1.29, 1.82) is 0 Å². The van der Waals surface area contributed by atoms with E-state index in [1.807, 2.05) is 19.1 Å². The molecule has 2 aromatic carbocycles. The predicted octanol–water partition coefficient (Wildman–Crippen LogP) is 2.82. The molecule has 6 heteroatoms. The lowest BCUT2D eigenvalue weighted by molar-refractivity contribution is 0.0696. The largest absolute Gasteiger partial charge is 0.478 e. The number of nitrogens with one attached hydrogen (secondary N) is 2. The number of amides is 1. The van der Waals surface area contributed by atoms with Crippen LogP contribution in [0.3, 0.4) is 0 Å². The summed E-state index contributed by atoms with van der Waals surface area (Å²) < 4.78 is 0. The second kappa shape index (κ2) is 6.82. The van der Waals surface area contributed by atoms with E-state index in [0.29, 0.717) is 11.3 Å². The van der Waals surface area contributed by atoms with Crippen LogP contribution in [0.4, 0.5) is 5.69 Å². The number of rotatable bonds is 3. The number of carboxylic acid groups (broad SMARTS) is 1. The summed E-state index contributed by atoms with van der Waals surface area (Å²) >= 11 is 5.07. The summed E-state index contributed by atoms with van der Waals surface area (Å²) in [5.41, 5.74) is 2.01. The van der Waals surface area contributed by atoms with Crippen LogP contribution in [0.25, 0.3) is 0 Å². The molecule has 2 rings (SSSR count). The van der Waals surface area contributed by atoms with Crippen molar-refractivity contribution in [3.63, 3.8) is 0 Å². The fourth-order valence-corrected chi connectivity index (χ4v) is 2.10. The minimum absolute atomic E-state index is 0.107. The van der Waals surface area contributed by atoms with Gasteiger partial charge in [-0.05, 0) is 49.0 Å². The van der Waals surface area contributed by atoms with Gasteiger partial charge in [0.05, 0.1) is 5.56 Å². The highest BCUT2D eigenvalue weighted by atomic mass is 32.1. The van der Waals surface area contributed by atoms with Crippen LogP contribution in [-0.4, -0.2) is 22.1 Å². The van der Waals surface area contributed by atoms with E-state index in [0.717, 1.165) is 5.56 Å². The predicted molar refractivity (Wildman–Crippen MR) is 88.3 cm³/mol. The second-order valence-corrected chi connectivity index (χ2v) is 5.02. The monoisotopic (exact) mass is 314 g/mol. The van der Waals surface area contributed by atoms with Gasteiger partial charge in [-0.3, -0.25) is 10.1 Å². The van der Waals surface area contributed by atoms with Crippen molar-refractivity contribution in [2.45, 2.75) is 6.92 Å². The van der Waals surface area contributed by atoms with Crippen molar-refractivity contribution in [1.82, 2.24) is 5.32 Å². The summed E-state index contributed by atoms with van der Waals surface area (Å²) in [6.45, 7) is 1.84. The number of carbonyl (C=O) groups is 2. The van der Waals surface area contributed by atoms with Crippen LogP contribution in [0.5, 0.6) is 0 Å². The first-order chi connectivity index (χ1) is 10.5. The van der Waals surface area contributed by atoms with Gasteiger partial charge in [0, 0.05) is 11.3 Å². The van der Waals surface area contributed by atoms with Gasteiger partial charge in [0.25, 0.3) is 5.91 Å². The Balaban J connectivity index is 2.04. The molecule has 3 N–H and O–H groups in total. The fourth-order valence-electron chi connectivity index (χ4n) is 1.89. The first kappa shape index (κ1) is 15.7. The van der Waals surface area contributed by atoms with Crippen molar-refractivity contribution < 1.29 is 14.7 Å². The summed E-state index contributed by atoms with van der Waals surface area (Å²) in [5, 5.41) is 14.4. The molecule has 0 aliphatic rings. The Morgan fingerprint density at radius 1 is 1.09 bits per heavy atom. The van der Waals surface area contributed by atoms with E-state index in [9.17, 15) is 9.59 Å². The minimum Gasteiger partial charge on any atom is -0.478 e. The molecule has 0 aliphatic heterocycles. The molecule has 2 aromatic rings. The maximum absolute atomic E-state index is 12.1. The quantitative estimate of drug-likeness (QED) is 0.759. The molecule has 0 fully saturated rings. The van der Waals surface area contributed by atoms with Crippen LogP contribution in [-0.2, 0) is 0 Å². The zero-order valence-corrected chi connectivity index (χ0v) is 12.6. The van der Waals surface area contributed by atoms with Crippen LogP contribution in [0, 0.1) is 6.92 Å². The lowest BCUT2D eigenvalue weighted by atomic mass is 10.1. The summed E-state index contributed by atoms with van der Waals surface area (Å²) in [6, 6.07) is 13.3. The van der Waals surface area contributed by atoms with Crippen LogP contribution in [0.15, 0.2) is 48.5 Å². The molecular weight excluding hydrogens is 300 g/mol. The van der Waals surface area contributed by atoms with Crippen molar-refractivity contribution >= 4 is 34.9 Å². The third-order valence-electron chi connectivity index (χ3n) is 2.98. The van der Waals surface area contributed by atoms with Gasteiger partial charge in [-0.1, -0.05) is 24.3 Å². The van der Waals surface area contributed by atoms with Crippen LogP contribution < -0.4 is 10.6 Å². The topological polar surface area (TPSA) is 78.4 Å². The number of benzene rings is 2. The molecule has 0 unspecified atom stereocenters. The molecule has 0 saturated carbocycles. The first-order valence-corrected chi connectivity index (χ1v) is 6.89. The number of thiocarbonyl (C=S) groups is 1. The molecule has 1 amide bonds. The number of aromatic carboxylic acids is 1. The van der Waals surface area contributed by atoms with Gasteiger partial charge >= 0.3 is 5.97 Å². The van der Waals surface area contributed by atoms with Crippen LogP contribution in [0.1, 0.15) is 26.3 Å². The molecule has 0 saturated heterocycles. The fraction of sp³-hybridized carbons (Fsp3) is 0.0625. The van der Waals surface area contributed by atoms with Crippen LogP contribution >= 0.6 is 12.2 Å². The van der Waals surface area contributed by atoms with Gasteiger partial charge in [-0.2, -0.15) is 0 Å². The van der Waals surface area contributed by atoms with E-state index >= 15 is 0 Å². The number of hydrogen-bond acceptors (Lipinski definition) is 3. The molecule has 22 heavy (non-hydrogen) atoms. The minimum atomic E-state index is -1.03. The number of carboxylic acids is 1. The Morgan fingerprint density at radius 3 is 2.50 bits per heavy atom. The van der Waals surface area contributed by atoms with E-state index in [1.54, 1.807) is 24.3 Å². The van der Waals surface area contributed by atoms with E-state index in [2.05, 4.69) is 10.6 Å². The molecule has 0 atom stereocenters. The molecule has 112 valence electrons.